The van der Waals surface area contributed by atoms with E-state index in [1.54, 1.807) is 26.8 Å². The summed E-state index contributed by atoms with van der Waals surface area (Å²) in [7, 11) is 0. The van der Waals surface area contributed by atoms with Crippen LogP contribution in [0, 0.1) is 6.92 Å². The molecule has 0 aliphatic carbocycles. The molecule has 0 unspecified atom stereocenters. The highest BCUT2D eigenvalue weighted by atomic mass is 16.5. The van der Waals surface area contributed by atoms with Gasteiger partial charge in [-0.2, -0.15) is 0 Å². The molecule has 0 spiro atoms. The molecule has 2 N–H and O–H groups in total. The van der Waals surface area contributed by atoms with E-state index < -0.39 is 30.1 Å². The smallest absolute Gasteiger partial charge is 0.331 e. The zero-order valence-corrected chi connectivity index (χ0v) is 13.8. The lowest BCUT2D eigenvalue weighted by atomic mass is 10.1. The first kappa shape index (κ1) is 18.4. The molecule has 0 fully saturated rings. The van der Waals surface area contributed by atoms with Crippen LogP contribution in [0.1, 0.15) is 31.9 Å². The minimum absolute atomic E-state index is 0.461. The van der Waals surface area contributed by atoms with Gasteiger partial charge in [-0.15, -0.1) is 0 Å². The third-order valence-corrected chi connectivity index (χ3v) is 2.58. The van der Waals surface area contributed by atoms with Crippen LogP contribution in [0.25, 0.3) is 6.08 Å². The Morgan fingerprint density at radius 1 is 1.13 bits per heavy atom. The Balaban J connectivity index is 2.36. The van der Waals surface area contributed by atoms with E-state index in [-0.39, 0.29) is 0 Å². The summed E-state index contributed by atoms with van der Waals surface area (Å²) in [6.07, 6.45) is 2.82. The van der Waals surface area contributed by atoms with E-state index in [4.69, 9.17) is 4.74 Å². The molecule has 0 radical (unpaired) electrons. The van der Waals surface area contributed by atoms with Crippen LogP contribution in [0.4, 0.5) is 4.79 Å². The van der Waals surface area contributed by atoms with Crippen molar-refractivity contribution in [1.82, 2.24) is 10.6 Å². The molecule has 6 nitrogen and oxygen atoms in total. The second-order valence-corrected chi connectivity index (χ2v) is 6.10. The number of urea groups is 1. The largest absolute Gasteiger partial charge is 0.452 e. The Morgan fingerprint density at radius 3 is 2.30 bits per heavy atom. The number of ether oxygens (including phenoxy) is 1. The molecule has 1 aromatic carbocycles. The second kappa shape index (κ2) is 8.12. The highest BCUT2D eigenvalue weighted by molar-refractivity contribution is 5.96. The summed E-state index contributed by atoms with van der Waals surface area (Å²) in [5.41, 5.74) is 1.51. The van der Waals surface area contributed by atoms with Gasteiger partial charge in [0.05, 0.1) is 0 Å². The lowest BCUT2D eigenvalue weighted by Crippen LogP contribution is -2.49. The van der Waals surface area contributed by atoms with E-state index in [2.05, 4.69) is 10.6 Å². The average molecular weight is 318 g/mol. The van der Waals surface area contributed by atoms with Gasteiger partial charge in [-0.25, -0.2) is 9.59 Å². The minimum Gasteiger partial charge on any atom is -0.452 e. The molecule has 0 saturated heterocycles. The summed E-state index contributed by atoms with van der Waals surface area (Å²) in [6, 6.07) is 6.94. The number of imide groups is 1. The average Bonchev–Trinajstić information content (AvgIpc) is 2.42. The highest BCUT2D eigenvalue weighted by Crippen LogP contribution is 2.05. The second-order valence-electron chi connectivity index (χ2n) is 6.10. The molecule has 0 atom stereocenters. The van der Waals surface area contributed by atoms with Crippen molar-refractivity contribution in [3.8, 4) is 0 Å². The Kier molecular flexibility index (Phi) is 6.50. The van der Waals surface area contributed by atoms with Gasteiger partial charge in [0.25, 0.3) is 5.91 Å². The Bertz CT molecular complexity index is 598. The lowest BCUT2D eigenvalue weighted by Gasteiger charge is -2.20. The third-order valence-electron chi connectivity index (χ3n) is 2.58. The van der Waals surface area contributed by atoms with Crippen LogP contribution in [0.2, 0.25) is 0 Å². The number of nitrogens with one attached hydrogen (secondary N) is 2. The first-order valence-electron chi connectivity index (χ1n) is 7.19. The van der Waals surface area contributed by atoms with E-state index in [0.29, 0.717) is 0 Å². The number of hydrogen-bond acceptors (Lipinski definition) is 4. The number of esters is 1. The minimum atomic E-state index is -0.691. The number of hydrogen-bond donors (Lipinski definition) is 2. The summed E-state index contributed by atoms with van der Waals surface area (Å²) in [5.74, 6) is -1.35. The van der Waals surface area contributed by atoms with Gasteiger partial charge in [-0.3, -0.25) is 10.1 Å². The number of carbonyl (C=O) groups excluding carboxylic acids is 3. The monoisotopic (exact) mass is 318 g/mol. The highest BCUT2D eigenvalue weighted by Gasteiger charge is 2.16. The fraction of sp³-hybridized carbons (Fsp3) is 0.353. The van der Waals surface area contributed by atoms with Gasteiger partial charge in [0.2, 0.25) is 0 Å². The van der Waals surface area contributed by atoms with E-state index in [9.17, 15) is 14.4 Å². The number of aryl methyl sites for hydroxylation is 1. The molecule has 0 heterocycles. The van der Waals surface area contributed by atoms with E-state index >= 15 is 0 Å². The van der Waals surface area contributed by atoms with Gasteiger partial charge in [0.15, 0.2) is 6.61 Å². The molecule has 0 aromatic heterocycles. The van der Waals surface area contributed by atoms with Crippen molar-refractivity contribution in [1.29, 1.82) is 0 Å². The molecule has 0 aliphatic rings. The molecular formula is C17H22N2O4. The van der Waals surface area contributed by atoms with Gasteiger partial charge < -0.3 is 10.1 Å². The normalized spacial score (nSPS) is 11.1. The standard InChI is InChI=1S/C17H22N2O4/c1-12-5-7-13(8-6-12)9-10-15(21)23-11-14(20)18-16(22)19-17(2,3)4/h5-10H,11H2,1-4H3,(H2,18,19,20,22)/b10-9+. The van der Waals surface area contributed by atoms with Crippen molar-refractivity contribution in [3.63, 3.8) is 0 Å². The fourth-order valence-electron chi connectivity index (χ4n) is 1.56. The molecule has 124 valence electrons. The van der Waals surface area contributed by atoms with Crippen LogP contribution < -0.4 is 10.6 Å². The lowest BCUT2D eigenvalue weighted by molar-refractivity contribution is -0.143. The van der Waals surface area contributed by atoms with Crippen molar-refractivity contribution in [2.45, 2.75) is 33.2 Å². The molecule has 23 heavy (non-hydrogen) atoms. The van der Waals surface area contributed by atoms with Crippen molar-refractivity contribution in [2.75, 3.05) is 6.61 Å². The van der Waals surface area contributed by atoms with Gasteiger partial charge in [0, 0.05) is 11.6 Å². The maximum absolute atomic E-state index is 11.5. The topological polar surface area (TPSA) is 84.5 Å². The van der Waals surface area contributed by atoms with Crippen LogP contribution in [0.15, 0.2) is 30.3 Å². The van der Waals surface area contributed by atoms with Gasteiger partial charge >= 0.3 is 12.0 Å². The summed E-state index contributed by atoms with van der Waals surface area (Å²) in [4.78, 5) is 34.4. The summed E-state index contributed by atoms with van der Waals surface area (Å²) in [5, 5.41) is 4.65. The zero-order chi connectivity index (χ0) is 17.5. The molecule has 1 rings (SSSR count). The van der Waals surface area contributed by atoms with Gasteiger partial charge in [-0.05, 0) is 39.3 Å². The first-order valence-corrected chi connectivity index (χ1v) is 7.19. The molecule has 0 bridgehead atoms. The maximum atomic E-state index is 11.5. The van der Waals surface area contributed by atoms with Crippen LogP contribution in [0.5, 0.6) is 0 Å². The summed E-state index contributed by atoms with van der Waals surface area (Å²) >= 11 is 0. The summed E-state index contributed by atoms with van der Waals surface area (Å²) in [6.45, 7) is 6.80. The summed E-state index contributed by atoms with van der Waals surface area (Å²) < 4.78 is 4.76. The van der Waals surface area contributed by atoms with Gasteiger partial charge in [0.1, 0.15) is 0 Å². The van der Waals surface area contributed by atoms with E-state index in [1.165, 1.54) is 6.08 Å². The molecule has 6 heteroatoms. The van der Waals surface area contributed by atoms with Crippen LogP contribution in [-0.4, -0.2) is 30.1 Å². The van der Waals surface area contributed by atoms with Crippen LogP contribution in [0.3, 0.4) is 0 Å². The van der Waals surface area contributed by atoms with E-state index in [0.717, 1.165) is 11.1 Å². The van der Waals surface area contributed by atoms with Crippen molar-refractivity contribution < 1.29 is 19.1 Å². The van der Waals surface area contributed by atoms with Crippen LogP contribution in [-0.2, 0) is 14.3 Å². The molecule has 0 saturated carbocycles. The molecular weight excluding hydrogens is 296 g/mol. The maximum Gasteiger partial charge on any atom is 0.331 e. The van der Waals surface area contributed by atoms with Crippen molar-refractivity contribution >= 4 is 24.0 Å². The molecule has 1 aromatic rings. The fourth-order valence-corrected chi connectivity index (χ4v) is 1.56. The Labute approximate surface area is 135 Å². The Morgan fingerprint density at radius 2 is 1.74 bits per heavy atom. The predicted octanol–water partition coefficient (Wildman–Crippen LogP) is 2.18. The SMILES string of the molecule is Cc1ccc(/C=C/C(=O)OCC(=O)NC(=O)NC(C)(C)C)cc1. The third kappa shape index (κ3) is 8.40. The number of benzene rings is 1. The van der Waals surface area contributed by atoms with Crippen molar-refractivity contribution in [2.24, 2.45) is 0 Å². The number of carbonyl (C=O) groups is 3. The number of amides is 3. The van der Waals surface area contributed by atoms with Crippen molar-refractivity contribution in [3.05, 3.63) is 41.5 Å². The quantitative estimate of drug-likeness (QED) is 0.658. The van der Waals surface area contributed by atoms with Crippen LogP contribution >= 0.6 is 0 Å². The molecule has 3 amide bonds. The first-order chi connectivity index (χ1) is 10.7. The number of rotatable bonds is 4. The predicted molar refractivity (Wildman–Crippen MR) is 87.6 cm³/mol. The zero-order valence-electron chi connectivity index (χ0n) is 13.8. The van der Waals surface area contributed by atoms with E-state index in [1.807, 2.05) is 31.2 Å². The van der Waals surface area contributed by atoms with Gasteiger partial charge in [-0.1, -0.05) is 29.8 Å². The Hall–Kier alpha value is -2.63. The molecule has 0 aliphatic heterocycles.